The lowest BCUT2D eigenvalue weighted by Gasteiger charge is -2.12. The fourth-order valence-corrected chi connectivity index (χ4v) is 2.66. The molecular weight excluding hydrogens is 368 g/mol. The highest BCUT2D eigenvalue weighted by atomic mass is 35.5. The zero-order valence-corrected chi connectivity index (χ0v) is 15.4. The summed E-state index contributed by atoms with van der Waals surface area (Å²) in [6.45, 7) is 0. The van der Waals surface area contributed by atoms with Crippen molar-refractivity contribution in [2.75, 3.05) is 24.9 Å². The number of anilines is 4. The van der Waals surface area contributed by atoms with Crippen LogP contribution >= 0.6 is 11.6 Å². The highest BCUT2D eigenvalue weighted by Crippen LogP contribution is 2.29. The van der Waals surface area contributed by atoms with Crippen molar-refractivity contribution in [2.45, 2.75) is 0 Å². The highest BCUT2D eigenvalue weighted by Gasteiger charge is 2.12. The van der Waals surface area contributed by atoms with Gasteiger partial charge < -0.3 is 20.1 Å². The van der Waals surface area contributed by atoms with E-state index in [1.807, 2.05) is 12.1 Å². The second-order valence-electron chi connectivity index (χ2n) is 5.42. The van der Waals surface area contributed by atoms with Gasteiger partial charge in [-0.3, -0.25) is 0 Å². The molecule has 3 rings (SSSR count). The molecule has 2 aromatic carbocycles. The van der Waals surface area contributed by atoms with Crippen molar-refractivity contribution < 1.29 is 14.3 Å². The second-order valence-corrected chi connectivity index (χ2v) is 5.83. The maximum absolute atomic E-state index is 11.9. The van der Waals surface area contributed by atoms with Crippen molar-refractivity contribution in [1.29, 1.82) is 0 Å². The van der Waals surface area contributed by atoms with Crippen LogP contribution in [0.15, 0.2) is 54.9 Å². The van der Waals surface area contributed by atoms with Gasteiger partial charge in [0.2, 0.25) is 0 Å². The van der Waals surface area contributed by atoms with Crippen molar-refractivity contribution >= 4 is 40.6 Å². The van der Waals surface area contributed by atoms with E-state index in [-0.39, 0.29) is 0 Å². The summed E-state index contributed by atoms with van der Waals surface area (Å²) in [5, 5.41) is 6.74. The van der Waals surface area contributed by atoms with Gasteiger partial charge in [0.15, 0.2) is 0 Å². The average Bonchev–Trinajstić information content (AvgIpc) is 2.68. The first-order valence-corrected chi connectivity index (χ1v) is 8.35. The third-order valence-corrected chi connectivity index (χ3v) is 3.98. The molecule has 8 heteroatoms. The molecule has 0 aliphatic carbocycles. The maximum atomic E-state index is 11.9. The molecule has 0 saturated carbocycles. The summed E-state index contributed by atoms with van der Waals surface area (Å²) in [6.07, 6.45) is 1.41. The number of hydrogen-bond donors (Lipinski definition) is 2. The van der Waals surface area contributed by atoms with Crippen LogP contribution in [-0.2, 0) is 4.74 Å². The molecule has 0 spiro atoms. The predicted octanol–water partition coefficient (Wildman–Crippen LogP) is 4.41. The monoisotopic (exact) mass is 384 g/mol. The topological polar surface area (TPSA) is 85.4 Å². The summed E-state index contributed by atoms with van der Waals surface area (Å²) in [4.78, 5) is 20.3. The number of carbonyl (C=O) groups excluding carboxylic acids is 1. The van der Waals surface area contributed by atoms with Gasteiger partial charge in [0, 0.05) is 11.8 Å². The molecule has 1 heterocycles. The number of benzene rings is 2. The van der Waals surface area contributed by atoms with E-state index in [1.165, 1.54) is 13.4 Å². The maximum Gasteiger partial charge on any atom is 0.339 e. The Labute approximate surface area is 161 Å². The van der Waals surface area contributed by atoms with Gasteiger partial charge in [-0.15, -0.1) is 0 Å². The molecule has 0 aliphatic heterocycles. The molecule has 27 heavy (non-hydrogen) atoms. The first-order valence-electron chi connectivity index (χ1n) is 7.97. The minimum atomic E-state index is -0.432. The minimum Gasteiger partial charge on any atom is -0.495 e. The lowest BCUT2D eigenvalue weighted by atomic mass is 10.2. The van der Waals surface area contributed by atoms with Gasteiger partial charge in [-0.05, 0) is 30.3 Å². The predicted molar refractivity (Wildman–Crippen MR) is 104 cm³/mol. The Balaban J connectivity index is 1.81. The Morgan fingerprint density at radius 1 is 1.00 bits per heavy atom. The molecule has 0 fully saturated rings. The van der Waals surface area contributed by atoms with Gasteiger partial charge >= 0.3 is 5.97 Å². The molecule has 0 aliphatic rings. The molecule has 3 aromatic rings. The molecule has 1 aromatic heterocycles. The number of halogens is 1. The minimum absolute atomic E-state index is 0.412. The largest absolute Gasteiger partial charge is 0.495 e. The number of esters is 1. The number of methoxy groups -OCH3 is 2. The van der Waals surface area contributed by atoms with E-state index in [0.29, 0.717) is 33.7 Å². The Bertz CT molecular complexity index is 965. The molecule has 0 unspecified atom stereocenters. The van der Waals surface area contributed by atoms with E-state index in [0.717, 1.165) is 5.69 Å². The van der Waals surface area contributed by atoms with Crippen LogP contribution in [0, 0.1) is 0 Å². The summed E-state index contributed by atoms with van der Waals surface area (Å²) >= 11 is 6.14. The Morgan fingerprint density at radius 2 is 1.74 bits per heavy atom. The van der Waals surface area contributed by atoms with Crippen LogP contribution in [0.4, 0.5) is 23.0 Å². The Morgan fingerprint density at radius 3 is 2.44 bits per heavy atom. The normalized spacial score (nSPS) is 10.2. The molecule has 0 radical (unpaired) electrons. The van der Waals surface area contributed by atoms with E-state index < -0.39 is 5.97 Å². The SMILES string of the molecule is COC(=O)c1ccccc1Nc1cc(Nc2ccc(OC)c(Cl)c2)ncn1. The number of rotatable bonds is 6. The number of aromatic nitrogens is 2. The van der Waals surface area contributed by atoms with Gasteiger partial charge in [0.05, 0.1) is 30.5 Å². The molecular formula is C19H17ClN4O3. The van der Waals surface area contributed by atoms with E-state index >= 15 is 0 Å². The number of nitrogens with one attached hydrogen (secondary N) is 2. The average molecular weight is 385 g/mol. The Hall–Kier alpha value is -3.32. The number of ether oxygens (including phenoxy) is 2. The second kappa shape index (κ2) is 8.37. The number of nitrogens with zero attached hydrogens (tertiary/aromatic N) is 2. The molecule has 0 amide bonds. The zero-order valence-electron chi connectivity index (χ0n) is 14.7. The van der Waals surface area contributed by atoms with Crippen LogP contribution in [0.3, 0.4) is 0 Å². The summed E-state index contributed by atoms with van der Waals surface area (Å²) in [6, 6.07) is 14.1. The third kappa shape index (κ3) is 4.45. The quantitative estimate of drug-likeness (QED) is 0.608. The van der Waals surface area contributed by atoms with E-state index in [9.17, 15) is 4.79 Å². The lowest BCUT2D eigenvalue weighted by Crippen LogP contribution is -2.06. The fourth-order valence-electron chi connectivity index (χ4n) is 2.40. The standard InChI is InChI=1S/C19H17ClN4O3/c1-26-16-8-7-12(9-14(16)20)23-17-10-18(22-11-21-17)24-15-6-4-3-5-13(15)19(25)27-2/h3-11H,1-2H3,(H2,21,22,23,24). The van der Waals surface area contributed by atoms with Crippen molar-refractivity contribution in [3.8, 4) is 5.75 Å². The summed E-state index contributed by atoms with van der Waals surface area (Å²) in [5.41, 5.74) is 1.75. The van der Waals surface area contributed by atoms with Crippen molar-refractivity contribution in [1.82, 2.24) is 9.97 Å². The van der Waals surface area contributed by atoms with Crippen LogP contribution in [0.1, 0.15) is 10.4 Å². The molecule has 7 nitrogen and oxygen atoms in total. The number of hydrogen-bond acceptors (Lipinski definition) is 7. The zero-order chi connectivity index (χ0) is 19.2. The van der Waals surface area contributed by atoms with Crippen LogP contribution in [0.2, 0.25) is 5.02 Å². The fraction of sp³-hybridized carbons (Fsp3) is 0.105. The van der Waals surface area contributed by atoms with E-state index in [1.54, 1.807) is 43.5 Å². The van der Waals surface area contributed by atoms with Gasteiger partial charge in [-0.2, -0.15) is 0 Å². The summed E-state index contributed by atoms with van der Waals surface area (Å²) < 4.78 is 9.94. The van der Waals surface area contributed by atoms with Gasteiger partial charge in [0.1, 0.15) is 23.7 Å². The lowest BCUT2D eigenvalue weighted by molar-refractivity contribution is 0.0602. The van der Waals surface area contributed by atoms with Crippen molar-refractivity contribution in [3.05, 3.63) is 65.4 Å². The Kier molecular flexibility index (Phi) is 5.73. The van der Waals surface area contributed by atoms with Gasteiger partial charge in [-0.1, -0.05) is 23.7 Å². The van der Waals surface area contributed by atoms with Crippen LogP contribution in [-0.4, -0.2) is 30.2 Å². The van der Waals surface area contributed by atoms with E-state index in [4.69, 9.17) is 21.1 Å². The first kappa shape index (κ1) is 18.5. The van der Waals surface area contributed by atoms with Crippen LogP contribution in [0.25, 0.3) is 0 Å². The molecule has 2 N–H and O–H groups in total. The van der Waals surface area contributed by atoms with Gasteiger partial charge in [-0.25, -0.2) is 14.8 Å². The smallest absolute Gasteiger partial charge is 0.339 e. The van der Waals surface area contributed by atoms with Crippen molar-refractivity contribution in [2.24, 2.45) is 0 Å². The number of carbonyl (C=O) groups is 1. The third-order valence-electron chi connectivity index (χ3n) is 3.69. The molecule has 0 bridgehead atoms. The van der Waals surface area contributed by atoms with Gasteiger partial charge in [0.25, 0.3) is 0 Å². The van der Waals surface area contributed by atoms with Crippen molar-refractivity contribution in [3.63, 3.8) is 0 Å². The van der Waals surface area contributed by atoms with Crippen LogP contribution < -0.4 is 15.4 Å². The number of para-hydroxylation sites is 1. The summed E-state index contributed by atoms with van der Waals surface area (Å²) in [7, 11) is 2.90. The molecule has 0 atom stereocenters. The highest BCUT2D eigenvalue weighted by molar-refractivity contribution is 6.32. The summed E-state index contributed by atoms with van der Waals surface area (Å²) in [5.74, 6) is 1.23. The van der Waals surface area contributed by atoms with E-state index in [2.05, 4.69) is 20.6 Å². The molecule has 0 saturated heterocycles. The first-order chi connectivity index (χ1) is 13.1. The molecule has 138 valence electrons. The van der Waals surface area contributed by atoms with Crippen LogP contribution in [0.5, 0.6) is 5.75 Å².